The van der Waals surface area contributed by atoms with E-state index in [9.17, 15) is 9.18 Å². The van der Waals surface area contributed by atoms with Crippen LogP contribution >= 0.6 is 0 Å². The second-order valence-corrected chi connectivity index (χ2v) is 4.04. The van der Waals surface area contributed by atoms with Crippen molar-refractivity contribution < 1.29 is 14.3 Å². The van der Waals surface area contributed by atoms with E-state index < -0.39 is 11.8 Å². The average Bonchev–Trinajstić information content (AvgIpc) is 2.30. The van der Waals surface area contributed by atoms with E-state index in [1.165, 1.54) is 12.1 Å². The highest BCUT2D eigenvalue weighted by atomic mass is 19.1. The van der Waals surface area contributed by atoms with E-state index in [0.29, 0.717) is 11.7 Å². The van der Waals surface area contributed by atoms with Gasteiger partial charge in [-0.15, -0.1) is 0 Å². The highest BCUT2D eigenvalue weighted by Crippen LogP contribution is 2.17. The number of carboxylic acid groups (broad SMARTS) is 1. The summed E-state index contributed by atoms with van der Waals surface area (Å²) in [4.78, 5) is 10.8. The normalized spacial score (nSPS) is 12.2. The SMILES string of the molecule is CCCC(CC)Nc1ccc(F)c(C(=O)O)c1. The van der Waals surface area contributed by atoms with Gasteiger partial charge in [0, 0.05) is 11.7 Å². The molecule has 0 saturated carbocycles. The summed E-state index contributed by atoms with van der Waals surface area (Å²) in [6.07, 6.45) is 3.02. The maximum Gasteiger partial charge on any atom is 0.338 e. The van der Waals surface area contributed by atoms with E-state index in [-0.39, 0.29) is 5.56 Å². The van der Waals surface area contributed by atoms with Crippen molar-refractivity contribution in [2.24, 2.45) is 0 Å². The smallest absolute Gasteiger partial charge is 0.338 e. The summed E-state index contributed by atoms with van der Waals surface area (Å²) in [5, 5.41) is 12.0. The molecule has 0 aliphatic heterocycles. The number of anilines is 1. The molecule has 1 aromatic rings. The second kappa shape index (κ2) is 6.23. The van der Waals surface area contributed by atoms with Gasteiger partial charge < -0.3 is 10.4 Å². The minimum Gasteiger partial charge on any atom is -0.478 e. The standard InChI is InChI=1S/C13H18FNO2/c1-3-5-9(4-2)15-10-6-7-12(14)11(8-10)13(16)17/h6-9,15H,3-5H2,1-2H3,(H,16,17). The van der Waals surface area contributed by atoms with Crippen molar-refractivity contribution in [1.29, 1.82) is 0 Å². The van der Waals surface area contributed by atoms with Crippen molar-refractivity contribution in [3.63, 3.8) is 0 Å². The van der Waals surface area contributed by atoms with Crippen LogP contribution in [0, 0.1) is 5.82 Å². The summed E-state index contributed by atoms with van der Waals surface area (Å²) in [6, 6.07) is 4.40. The average molecular weight is 239 g/mol. The fraction of sp³-hybridized carbons (Fsp3) is 0.462. The zero-order valence-electron chi connectivity index (χ0n) is 10.2. The summed E-state index contributed by atoms with van der Waals surface area (Å²) < 4.78 is 13.2. The van der Waals surface area contributed by atoms with Gasteiger partial charge in [-0.3, -0.25) is 0 Å². The van der Waals surface area contributed by atoms with Crippen LogP contribution in [-0.2, 0) is 0 Å². The molecule has 1 aromatic carbocycles. The lowest BCUT2D eigenvalue weighted by molar-refractivity contribution is 0.0692. The molecular formula is C13H18FNO2. The number of benzene rings is 1. The van der Waals surface area contributed by atoms with Crippen molar-refractivity contribution in [2.75, 3.05) is 5.32 Å². The zero-order valence-corrected chi connectivity index (χ0v) is 10.2. The number of nitrogens with one attached hydrogen (secondary N) is 1. The minimum absolute atomic E-state index is 0.290. The van der Waals surface area contributed by atoms with Crippen LogP contribution < -0.4 is 5.32 Å². The van der Waals surface area contributed by atoms with Crippen LogP contribution in [0.25, 0.3) is 0 Å². The number of hydrogen-bond acceptors (Lipinski definition) is 2. The topological polar surface area (TPSA) is 49.3 Å². The molecule has 0 spiro atoms. The fourth-order valence-corrected chi connectivity index (χ4v) is 1.74. The lowest BCUT2D eigenvalue weighted by Gasteiger charge is -2.17. The Kier molecular flexibility index (Phi) is 4.94. The Balaban J connectivity index is 2.84. The molecule has 0 aliphatic rings. The molecule has 0 aliphatic carbocycles. The lowest BCUT2D eigenvalue weighted by atomic mass is 10.1. The first-order chi connectivity index (χ1) is 8.08. The minimum atomic E-state index is -1.24. The molecule has 0 heterocycles. The largest absolute Gasteiger partial charge is 0.478 e. The molecule has 0 saturated heterocycles. The third-order valence-electron chi connectivity index (χ3n) is 2.70. The van der Waals surface area contributed by atoms with Crippen LogP contribution in [0.5, 0.6) is 0 Å². The quantitative estimate of drug-likeness (QED) is 0.798. The molecule has 0 bridgehead atoms. The molecule has 4 heteroatoms. The van der Waals surface area contributed by atoms with Gasteiger partial charge in [-0.25, -0.2) is 9.18 Å². The molecule has 17 heavy (non-hydrogen) atoms. The molecule has 0 amide bonds. The van der Waals surface area contributed by atoms with E-state index in [1.54, 1.807) is 6.07 Å². The Labute approximate surface area is 101 Å². The first-order valence-electron chi connectivity index (χ1n) is 5.87. The molecule has 2 N–H and O–H groups in total. The number of halogens is 1. The molecule has 0 fully saturated rings. The van der Waals surface area contributed by atoms with Crippen molar-refractivity contribution in [3.05, 3.63) is 29.6 Å². The molecule has 0 radical (unpaired) electrons. The highest BCUT2D eigenvalue weighted by molar-refractivity contribution is 5.89. The Morgan fingerprint density at radius 2 is 2.18 bits per heavy atom. The van der Waals surface area contributed by atoms with Crippen molar-refractivity contribution in [2.45, 2.75) is 39.2 Å². The Bertz CT molecular complexity index is 393. The van der Waals surface area contributed by atoms with E-state index in [0.717, 1.165) is 19.3 Å². The number of carbonyl (C=O) groups is 1. The first-order valence-corrected chi connectivity index (χ1v) is 5.87. The summed E-state index contributed by atoms with van der Waals surface area (Å²) in [5.41, 5.74) is 0.366. The van der Waals surface area contributed by atoms with Gasteiger partial charge in [0.05, 0.1) is 5.56 Å². The fourth-order valence-electron chi connectivity index (χ4n) is 1.74. The van der Waals surface area contributed by atoms with E-state index >= 15 is 0 Å². The van der Waals surface area contributed by atoms with Gasteiger partial charge in [0.25, 0.3) is 0 Å². The summed E-state index contributed by atoms with van der Waals surface area (Å²) in [7, 11) is 0. The maximum atomic E-state index is 13.2. The number of carboxylic acids is 1. The number of aromatic carboxylic acids is 1. The first kappa shape index (κ1) is 13.5. The highest BCUT2D eigenvalue weighted by Gasteiger charge is 2.12. The van der Waals surface area contributed by atoms with Crippen molar-refractivity contribution in [1.82, 2.24) is 0 Å². The maximum absolute atomic E-state index is 13.2. The van der Waals surface area contributed by atoms with Gasteiger partial charge in [-0.05, 0) is 31.0 Å². The van der Waals surface area contributed by atoms with Crippen LogP contribution in [0.2, 0.25) is 0 Å². The van der Waals surface area contributed by atoms with Crippen LogP contribution in [0.4, 0.5) is 10.1 Å². The molecule has 3 nitrogen and oxygen atoms in total. The zero-order chi connectivity index (χ0) is 12.8. The third-order valence-corrected chi connectivity index (χ3v) is 2.70. The van der Waals surface area contributed by atoms with Gasteiger partial charge in [0.1, 0.15) is 5.82 Å². The van der Waals surface area contributed by atoms with Gasteiger partial charge in [0.2, 0.25) is 0 Å². The van der Waals surface area contributed by atoms with E-state index in [4.69, 9.17) is 5.11 Å². The third kappa shape index (κ3) is 3.73. The summed E-state index contributed by atoms with van der Waals surface area (Å²) >= 11 is 0. The van der Waals surface area contributed by atoms with Crippen LogP contribution in [0.15, 0.2) is 18.2 Å². The van der Waals surface area contributed by atoms with E-state index in [1.807, 2.05) is 0 Å². The lowest BCUT2D eigenvalue weighted by Crippen LogP contribution is -2.18. The molecule has 1 atom stereocenters. The molecule has 1 unspecified atom stereocenters. The molecule has 1 rings (SSSR count). The molecule has 94 valence electrons. The van der Waals surface area contributed by atoms with Gasteiger partial charge in [0.15, 0.2) is 0 Å². The molecular weight excluding hydrogens is 221 g/mol. The van der Waals surface area contributed by atoms with Crippen molar-refractivity contribution in [3.8, 4) is 0 Å². The summed E-state index contributed by atoms with van der Waals surface area (Å²) in [6.45, 7) is 4.16. The Morgan fingerprint density at radius 3 is 2.71 bits per heavy atom. The monoisotopic (exact) mass is 239 g/mol. The van der Waals surface area contributed by atoms with Gasteiger partial charge in [-0.2, -0.15) is 0 Å². The van der Waals surface area contributed by atoms with E-state index in [2.05, 4.69) is 19.2 Å². The molecule has 0 aromatic heterocycles. The van der Waals surface area contributed by atoms with Crippen molar-refractivity contribution >= 4 is 11.7 Å². The summed E-state index contributed by atoms with van der Waals surface area (Å²) in [5.74, 6) is -1.94. The number of hydrogen-bond donors (Lipinski definition) is 2. The van der Waals surface area contributed by atoms with Crippen LogP contribution in [0.1, 0.15) is 43.5 Å². The number of rotatable bonds is 6. The van der Waals surface area contributed by atoms with Gasteiger partial charge >= 0.3 is 5.97 Å². The second-order valence-electron chi connectivity index (χ2n) is 4.04. The Hall–Kier alpha value is -1.58. The van der Waals surface area contributed by atoms with Crippen LogP contribution in [-0.4, -0.2) is 17.1 Å². The predicted molar refractivity (Wildman–Crippen MR) is 66.0 cm³/mol. The van der Waals surface area contributed by atoms with Gasteiger partial charge in [-0.1, -0.05) is 20.3 Å². The Morgan fingerprint density at radius 1 is 1.47 bits per heavy atom. The predicted octanol–water partition coefficient (Wildman–Crippen LogP) is 3.51. The van der Waals surface area contributed by atoms with Crippen LogP contribution in [0.3, 0.4) is 0 Å².